The maximum absolute atomic E-state index is 11.2. The van der Waals surface area contributed by atoms with Crippen LogP contribution in [0, 0.1) is 0 Å². The van der Waals surface area contributed by atoms with Crippen LogP contribution in [-0.4, -0.2) is 12.6 Å². The molecule has 16 heavy (non-hydrogen) atoms. The summed E-state index contributed by atoms with van der Waals surface area (Å²) in [6.45, 7) is 2.54. The van der Waals surface area contributed by atoms with E-state index in [1.807, 2.05) is 30.3 Å². The van der Waals surface area contributed by atoms with Gasteiger partial charge in [0, 0.05) is 0 Å². The third-order valence-corrected chi connectivity index (χ3v) is 2.19. The van der Waals surface area contributed by atoms with Crippen molar-refractivity contribution in [3.05, 3.63) is 35.9 Å². The van der Waals surface area contributed by atoms with Gasteiger partial charge >= 0.3 is 5.97 Å². The van der Waals surface area contributed by atoms with Gasteiger partial charge in [0.2, 0.25) is 0 Å². The van der Waals surface area contributed by atoms with Gasteiger partial charge in [0.05, 0.1) is 13.0 Å². The monoisotopic (exact) mass is 222 g/mol. The average molecular weight is 222 g/mol. The minimum absolute atomic E-state index is 0.306. The topological polar surface area (TPSA) is 35.5 Å². The maximum atomic E-state index is 11.2. The van der Waals surface area contributed by atoms with E-state index in [9.17, 15) is 4.79 Å². The van der Waals surface area contributed by atoms with Gasteiger partial charge in [-0.25, -0.2) is 4.79 Å². The first-order chi connectivity index (χ1) is 7.83. The third-order valence-electron chi connectivity index (χ3n) is 2.19. The normalized spacial score (nSPS) is 10.1. The molecule has 88 valence electrons. The lowest BCUT2D eigenvalue weighted by atomic mass is 10.1. The van der Waals surface area contributed by atoms with Crippen molar-refractivity contribution in [1.29, 1.82) is 0 Å². The van der Waals surface area contributed by atoms with Crippen molar-refractivity contribution in [1.82, 2.24) is 0 Å². The summed E-state index contributed by atoms with van der Waals surface area (Å²) in [5, 5.41) is 0. The molecule has 0 saturated carbocycles. The SMILES string of the molecule is CCCCOOC(=O)CCc1ccccc1. The van der Waals surface area contributed by atoms with Crippen molar-refractivity contribution >= 4 is 5.97 Å². The van der Waals surface area contributed by atoms with E-state index in [1.165, 1.54) is 0 Å². The van der Waals surface area contributed by atoms with Crippen molar-refractivity contribution in [2.75, 3.05) is 6.61 Å². The fraction of sp³-hybridized carbons (Fsp3) is 0.462. The van der Waals surface area contributed by atoms with Gasteiger partial charge in [-0.05, 0) is 18.4 Å². The molecule has 1 aromatic rings. The maximum Gasteiger partial charge on any atom is 0.342 e. The molecule has 0 aliphatic carbocycles. The number of carbonyl (C=O) groups is 1. The van der Waals surface area contributed by atoms with Crippen LogP contribution in [0.15, 0.2) is 30.3 Å². The highest BCUT2D eigenvalue weighted by Crippen LogP contribution is 2.03. The van der Waals surface area contributed by atoms with E-state index in [4.69, 9.17) is 4.89 Å². The Morgan fingerprint density at radius 3 is 2.69 bits per heavy atom. The van der Waals surface area contributed by atoms with Crippen molar-refractivity contribution in [3.63, 3.8) is 0 Å². The Kier molecular flexibility index (Phi) is 6.26. The standard InChI is InChI=1S/C13H18O3/c1-2-3-11-15-16-13(14)10-9-12-7-5-4-6-8-12/h4-8H,2-3,9-11H2,1H3. The van der Waals surface area contributed by atoms with Crippen molar-refractivity contribution in [2.24, 2.45) is 0 Å². The Morgan fingerprint density at radius 1 is 1.25 bits per heavy atom. The molecule has 3 nitrogen and oxygen atoms in total. The molecule has 0 aromatic heterocycles. The van der Waals surface area contributed by atoms with E-state index in [1.54, 1.807) is 0 Å². The van der Waals surface area contributed by atoms with Crippen LogP contribution in [0.4, 0.5) is 0 Å². The summed E-state index contributed by atoms with van der Waals surface area (Å²) in [5.74, 6) is -0.306. The highest BCUT2D eigenvalue weighted by Gasteiger charge is 2.04. The zero-order valence-electron chi connectivity index (χ0n) is 9.65. The summed E-state index contributed by atoms with van der Waals surface area (Å²) in [5.41, 5.74) is 1.13. The van der Waals surface area contributed by atoms with Crippen LogP contribution in [0.5, 0.6) is 0 Å². The van der Waals surface area contributed by atoms with E-state index in [0.29, 0.717) is 19.4 Å². The van der Waals surface area contributed by atoms with Gasteiger partial charge in [0.15, 0.2) is 0 Å². The first-order valence-corrected chi connectivity index (χ1v) is 5.69. The number of unbranched alkanes of at least 4 members (excludes halogenated alkanes) is 1. The predicted molar refractivity (Wildman–Crippen MR) is 61.7 cm³/mol. The second-order valence-corrected chi connectivity index (χ2v) is 3.62. The minimum Gasteiger partial charge on any atom is -0.298 e. The molecule has 0 spiro atoms. The molecule has 0 N–H and O–H groups in total. The number of rotatable bonds is 7. The number of aryl methyl sites for hydroxylation is 1. The number of carbonyl (C=O) groups excluding carboxylic acids is 1. The van der Waals surface area contributed by atoms with Gasteiger partial charge in [0.25, 0.3) is 0 Å². The molecule has 3 heteroatoms. The quantitative estimate of drug-likeness (QED) is 0.404. The Bertz CT molecular complexity index is 295. The van der Waals surface area contributed by atoms with Gasteiger partial charge in [0.1, 0.15) is 0 Å². The molecular weight excluding hydrogens is 204 g/mol. The van der Waals surface area contributed by atoms with Gasteiger partial charge in [-0.1, -0.05) is 43.7 Å². The molecule has 0 aliphatic heterocycles. The van der Waals surface area contributed by atoms with E-state index in [2.05, 4.69) is 11.8 Å². The zero-order valence-corrected chi connectivity index (χ0v) is 9.65. The molecule has 0 aliphatic rings. The van der Waals surface area contributed by atoms with Crippen LogP contribution in [-0.2, 0) is 21.0 Å². The molecular formula is C13H18O3. The van der Waals surface area contributed by atoms with Crippen LogP contribution >= 0.6 is 0 Å². The Hall–Kier alpha value is -1.35. The van der Waals surface area contributed by atoms with Crippen LogP contribution < -0.4 is 0 Å². The van der Waals surface area contributed by atoms with Crippen LogP contribution in [0.2, 0.25) is 0 Å². The first kappa shape index (κ1) is 12.7. The Morgan fingerprint density at radius 2 is 2.00 bits per heavy atom. The summed E-state index contributed by atoms with van der Waals surface area (Å²) in [7, 11) is 0. The molecule has 1 rings (SSSR count). The highest BCUT2D eigenvalue weighted by molar-refractivity contribution is 5.68. The second kappa shape index (κ2) is 7.88. The van der Waals surface area contributed by atoms with E-state index in [0.717, 1.165) is 18.4 Å². The molecule has 0 amide bonds. The van der Waals surface area contributed by atoms with Crippen LogP contribution in [0.25, 0.3) is 0 Å². The van der Waals surface area contributed by atoms with Gasteiger partial charge in [-0.2, -0.15) is 4.89 Å². The third kappa shape index (κ3) is 5.51. The van der Waals surface area contributed by atoms with Crippen molar-refractivity contribution in [2.45, 2.75) is 32.6 Å². The number of hydrogen-bond acceptors (Lipinski definition) is 3. The van der Waals surface area contributed by atoms with Crippen molar-refractivity contribution < 1.29 is 14.6 Å². The smallest absolute Gasteiger partial charge is 0.298 e. The lowest BCUT2D eigenvalue weighted by Gasteiger charge is -2.03. The van der Waals surface area contributed by atoms with Gasteiger partial charge < -0.3 is 0 Å². The lowest BCUT2D eigenvalue weighted by molar-refractivity contribution is -0.272. The fourth-order valence-corrected chi connectivity index (χ4v) is 1.24. The molecule has 0 radical (unpaired) electrons. The highest BCUT2D eigenvalue weighted by atomic mass is 17.2. The van der Waals surface area contributed by atoms with Gasteiger partial charge in [-0.3, -0.25) is 4.89 Å². The number of hydrogen-bond donors (Lipinski definition) is 0. The van der Waals surface area contributed by atoms with Crippen molar-refractivity contribution in [3.8, 4) is 0 Å². The average Bonchev–Trinajstić information content (AvgIpc) is 2.33. The van der Waals surface area contributed by atoms with E-state index < -0.39 is 0 Å². The molecule has 1 aromatic carbocycles. The van der Waals surface area contributed by atoms with Crippen LogP contribution in [0.3, 0.4) is 0 Å². The molecule has 0 unspecified atom stereocenters. The Labute approximate surface area is 96.3 Å². The molecule has 0 heterocycles. The minimum atomic E-state index is -0.306. The number of benzene rings is 1. The summed E-state index contributed by atoms with van der Waals surface area (Å²) in [6.07, 6.45) is 2.99. The van der Waals surface area contributed by atoms with Gasteiger partial charge in [-0.15, -0.1) is 0 Å². The predicted octanol–water partition coefficient (Wildman–Crippen LogP) is 2.89. The lowest BCUT2D eigenvalue weighted by Crippen LogP contribution is -2.07. The molecule has 0 fully saturated rings. The summed E-state index contributed by atoms with van der Waals surface area (Å²) in [4.78, 5) is 20.6. The van der Waals surface area contributed by atoms with E-state index >= 15 is 0 Å². The summed E-state index contributed by atoms with van der Waals surface area (Å²) in [6, 6.07) is 9.85. The second-order valence-electron chi connectivity index (χ2n) is 3.62. The molecule has 0 saturated heterocycles. The zero-order chi connectivity index (χ0) is 11.6. The van der Waals surface area contributed by atoms with E-state index in [-0.39, 0.29) is 5.97 Å². The summed E-state index contributed by atoms with van der Waals surface area (Å²) < 4.78 is 0. The molecule has 0 atom stereocenters. The van der Waals surface area contributed by atoms with Crippen LogP contribution in [0.1, 0.15) is 31.7 Å². The first-order valence-electron chi connectivity index (χ1n) is 5.69. The Balaban J connectivity index is 2.11. The summed E-state index contributed by atoms with van der Waals surface area (Å²) >= 11 is 0. The fourth-order valence-electron chi connectivity index (χ4n) is 1.24. The molecule has 0 bridgehead atoms. The largest absolute Gasteiger partial charge is 0.342 e.